The summed E-state index contributed by atoms with van der Waals surface area (Å²) >= 11 is 0. The smallest absolute Gasteiger partial charge is 0.222 e. The molecule has 0 aliphatic heterocycles. The molecule has 0 aliphatic rings. The molecule has 17 heavy (non-hydrogen) atoms. The second-order valence-corrected chi connectivity index (χ2v) is 3.64. The fraction of sp³-hybridized carbons (Fsp3) is 0.727. The Labute approximate surface area is 101 Å². The summed E-state index contributed by atoms with van der Waals surface area (Å²) in [7, 11) is 1.53. The number of hydrogen-bond donors (Lipinski definition) is 2. The van der Waals surface area contributed by atoms with E-state index in [-0.39, 0.29) is 30.4 Å². The summed E-state index contributed by atoms with van der Waals surface area (Å²) < 4.78 is 4.75. The van der Waals surface area contributed by atoms with Gasteiger partial charge in [0.2, 0.25) is 11.8 Å². The number of ether oxygens (including phenoxy) is 1. The summed E-state index contributed by atoms with van der Waals surface area (Å²) in [5.74, 6) is -0.288. The van der Waals surface area contributed by atoms with Gasteiger partial charge >= 0.3 is 0 Å². The normalized spacial score (nSPS) is 9.76. The number of rotatable bonds is 9. The first-order valence-corrected chi connectivity index (χ1v) is 5.58. The molecule has 0 rings (SSSR count). The minimum Gasteiger partial charge on any atom is -0.384 e. The number of hydrogen-bond acceptors (Lipinski definition) is 4. The molecule has 0 aliphatic carbocycles. The summed E-state index contributed by atoms with van der Waals surface area (Å²) in [4.78, 5) is 32.9. The zero-order chi connectivity index (χ0) is 13.1. The monoisotopic (exact) mass is 244 g/mol. The standard InChI is InChI=1S/C11H20N2O4/c1-9(14)3-4-10(15)12-6-7-13-11(16)5-8-17-2/h3-8H2,1-2H3,(H,12,15)(H,13,16). The molecule has 0 aromatic rings. The van der Waals surface area contributed by atoms with Crippen LogP contribution in [-0.2, 0) is 19.1 Å². The predicted molar refractivity (Wildman–Crippen MR) is 62.4 cm³/mol. The fourth-order valence-electron chi connectivity index (χ4n) is 1.06. The molecule has 98 valence electrons. The first-order valence-electron chi connectivity index (χ1n) is 5.58. The zero-order valence-electron chi connectivity index (χ0n) is 10.4. The summed E-state index contributed by atoms with van der Waals surface area (Å²) in [5.41, 5.74) is 0. The Morgan fingerprint density at radius 2 is 1.47 bits per heavy atom. The van der Waals surface area contributed by atoms with Crippen molar-refractivity contribution in [1.82, 2.24) is 10.6 Å². The van der Waals surface area contributed by atoms with Crippen LogP contribution in [0.2, 0.25) is 0 Å². The highest BCUT2D eigenvalue weighted by atomic mass is 16.5. The van der Waals surface area contributed by atoms with Crippen molar-refractivity contribution in [3.8, 4) is 0 Å². The van der Waals surface area contributed by atoms with Crippen LogP contribution in [0, 0.1) is 0 Å². The molecule has 0 fully saturated rings. The molecule has 2 amide bonds. The van der Waals surface area contributed by atoms with E-state index in [4.69, 9.17) is 4.74 Å². The van der Waals surface area contributed by atoms with Crippen molar-refractivity contribution in [2.24, 2.45) is 0 Å². The van der Waals surface area contributed by atoms with Crippen LogP contribution in [0.4, 0.5) is 0 Å². The minimum atomic E-state index is -0.175. The Kier molecular flexibility index (Phi) is 8.95. The molecule has 0 bridgehead atoms. The molecular formula is C11H20N2O4. The molecule has 0 atom stereocenters. The lowest BCUT2D eigenvalue weighted by Crippen LogP contribution is -2.35. The van der Waals surface area contributed by atoms with Crippen LogP contribution in [0.15, 0.2) is 0 Å². The van der Waals surface area contributed by atoms with Crippen LogP contribution in [0.3, 0.4) is 0 Å². The van der Waals surface area contributed by atoms with Crippen molar-refractivity contribution < 1.29 is 19.1 Å². The van der Waals surface area contributed by atoms with E-state index in [1.165, 1.54) is 14.0 Å². The fourth-order valence-corrected chi connectivity index (χ4v) is 1.06. The molecule has 0 aromatic carbocycles. The maximum Gasteiger partial charge on any atom is 0.222 e. The van der Waals surface area contributed by atoms with Gasteiger partial charge in [-0.25, -0.2) is 0 Å². The highest BCUT2D eigenvalue weighted by molar-refractivity contribution is 5.83. The van der Waals surface area contributed by atoms with Crippen LogP contribution in [-0.4, -0.2) is 44.4 Å². The predicted octanol–water partition coefficient (Wildman–Crippen LogP) is -0.375. The van der Waals surface area contributed by atoms with Crippen molar-refractivity contribution in [2.45, 2.75) is 26.2 Å². The van der Waals surface area contributed by atoms with E-state index >= 15 is 0 Å². The van der Waals surface area contributed by atoms with E-state index in [1.807, 2.05) is 0 Å². The molecule has 0 saturated heterocycles. The van der Waals surface area contributed by atoms with E-state index in [9.17, 15) is 14.4 Å². The third-order valence-electron chi connectivity index (χ3n) is 2.01. The molecule has 0 radical (unpaired) electrons. The summed E-state index contributed by atoms with van der Waals surface area (Å²) in [6.07, 6.45) is 0.772. The number of methoxy groups -OCH3 is 1. The maximum atomic E-state index is 11.2. The highest BCUT2D eigenvalue weighted by Gasteiger charge is 2.03. The Bertz CT molecular complexity index is 266. The van der Waals surface area contributed by atoms with Crippen LogP contribution in [0.5, 0.6) is 0 Å². The van der Waals surface area contributed by atoms with Gasteiger partial charge < -0.3 is 20.2 Å². The lowest BCUT2D eigenvalue weighted by atomic mass is 10.2. The van der Waals surface area contributed by atoms with E-state index in [0.717, 1.165) is 0 Å². The molecule has 0 saturated carbocycles. The van der Waals surface area contributed by atoms with Gasteiger partial charge in [-0.15, -0.1) is 0 Å². The SMILES string of the molecule is COCCC(=O)NCCNC(=O)CCC(C)=O. The molecule has 0 aromatic heterocycles. The molecule has 0 heterocycles. The van der Waals surface area contributed by atoms with Crippen molar-refractivity contribution in [1.29, 1.82) is 0 Å². The number of carbonyl (C=O) groups excluding carboxylic acids is 3. The van der Waals surface area contributed by atoms with Gasteiger partial charge in [-0.3, -0.25) is 9.59 Å². The highest BCUT2D eigenvalue weighted by Crippen LogP contribution is 1.89. The van der Waals surface area contributed by atoms with Crippen LogP contribution in [0.25, 0.3) is 0 Å². The number of nitrogens with one attached hydrogen (secondary N) is 2. The molecular weight excluding hydrogens is 224 g/mol. The average molecular weight is 244 g/mol. The average Bonchev–Trinajstić information content (AvgIpc) is 2.29. The van der Waals surface area contributed by atoms with Crippen LogP contribution >= 0.6 is 0 Å². The van der Waals surface area contributed by atoms with Gasteiger partial charge in [0.05, 0.1) is 6.61 Å². The van der Waals surface area contributed by atoms with Gasteiger partial charge in [-0.2, -0.15) is 0 Å². The van der Waals surface area contributed by atoms with Crippen molar-refractivity contribution in [2.75, 3.05) is 26.8 Å². The van der Waals surface area contributed by atoms with Gasteiger partial charge in [0.25, 0.3) is 0 Å². The van der Waals surface area contributed by atoms with Crippen LogP contribution in [0.1, 0.15) is 26.2 Å². The van der Waals surface area contributed by atoms with E-state index in [0.29, 0.717) is 26.1 Å². The van der Waals surface area contributed by atoms with Gasteiger partial charge in [-0.1, -0.05) is 0 Å². The van der Waals surface area contributed by atoms with Gasteiger partial charge in [0, 0.05) is 39.5 Å². The van der Waals surface area contributed by atoms with Crippen molar-refractivity contribution in [3.63, 3.8) is 0 Å². The molecule has 6 nitrogen and oxygen atoms in total. The Hall–Kier alpha value is -1.43. The Balaban J connectivity index is 3.41. The summed E-state index contributed by atoms with van der Waals surface area (Å²) in [6, 6.07) is 0. The summed E-state index contributed by atoms with van der Waals surface area (Å²) in [6.45, 7) is 2.59. The third-order valence-corrected chi connectivity index (χ3v) is 2.01. The lowest BCUT2D eigenvalue weighted by Gasteiger charge is -2.06. The first kappa shape index (κ1) is 15.6. The van der Waals surface area contributed by atoms with Gasteiger partial charge in [-0.05, 0) is 6.92 Å². The largest absolute Gasteiger partial charge is 0.384 e. The van der Waals surface area contributed by atoms with E-state index in [1.54, 1.807) is 0 Å². The molecule has 0 spiro atoms. The van der Waals surface area contributed by atoms with E-state index in [2.05, 4.69) is 10.6 Å². The second kappa shape index (κ2) is 9.77. The number of Topliss-reactive ketones (excluding diaryl/α,β-unsaturated/α-hetero) is 1. The molecule has 6 heteroatoms. The lowest BCUT2D eigenvalue weighted by molar-refractivity contribution is -0.125. The van der Waals surface area contributed by atoms with Gasteiger partial charge in [0.15, 0.2) is 0 Å². The number of amides is 2. The van der Waals surface area contributed by atoms with Crippen molar-refractivity contribution in [3.05, 3.63) is 0 Å². The second-order valence-electron chi connectivity index (χ2n) is 3.64. The zero-order valence-corrected chi connectivity index (χ0v) is 10.4. The van der Waals surface area contributed by atoms with E-state index < -0.39 is 0 Å². The molecule has 2 N–H and O–H groups in total. The quantitative estimate of drug-likeness (QED) is 0.542. The number of carbonyl (C=O) groups is 3. The van der Waals surface area contributed by atoms with Gasteiger partial charge in [0.1, 0.15) is 5.78 Å². The first-order chi connectivity index (χ1) is 8.06. The van der Waals surface area contributed by atoms with Crippen molar-refractivity contribution >= 4 is 17.6 Å². The maximum absolute atomic E-state index is 11.2. The molecule has 0 unspecified atom stereocenters. The summed E-state index contributed by atoms with van der Waals surface area (Å²) in [5, 5.41) is 5.25. The topological polar surface area (TPSA) is 84.5 Å². The van der Waals surface area contributed by atoms with Crippen LogP contribution < -0.4 is 10.6 Å². The number of ketones is 1. The Morgan fingerprint density at radius 3 is 1.94 bits per heavy atom. The third kappa shape index (κ3) is 10.8. The Morgan fingerprint density at radius 1 is 0.941 bits per heavy atom. The minimum absolute atomic E-state index is 0.00646.